The van der Waals surface area contributed by atoms with Crippen LogP contribution in [-0.2, 0) is 0 Å². The zero-order valence-electron chi connectivity index (χ0n) is 8.92. The molecule has 0 aliphatic heterocycles. The molecular weight excluding hydrogens is 228 g/mol. The van der Waals surface area contributed by atoms with E-state index in [-0.39, 0.29) is 0 Å². The normalized spacial score (nSPS) is 9.88. The van der Waals surface area contributed by atoms with Crippen molar-refractivity contribution in [3.63, 3.8) is 0 Å². The lowest BCUT2D eigenvalue weighted by Crippen LogP contribution is -1.84. The second kappa shape index (κ2) is 4.36. The van der Waals surface area contributed by atoms with Gasteiger partial charge in [-0.1, -0.05) is 24.1 Å². The summed E-state index contributed by atoms with van der Waals surface area (Å²) in [4.78, 5) is 9.40. The number of hydrogen-bond acceptors (Lipinski definition) is 3. The number of thiophene rings is 1. The number of fused-ring (bicyclic) bond motifs is 1. The van der Waals surface area contributed by atoms with Crippen LogP contribution >= 0.6 is 11.3 Å². The Labute approximate surface area is 103 Å². The van der Waals surface area contributed by atoms with E-state index in [0.717, 1.165) is 21.5 Å². The maximum atomic E-state index is 4.22. The van der Waals surface area contributed by atoms with Gasteiger partial charge in [0.1, 0.15) is 16.9 Å². The van der Waals surface area contributed by atoms with E-state index in [0.29, 0.717) is 0 Å². The van der Waals surface area contributed by atoms with Crippen molar-refractivity contribution in [3.05, 3.63) is 59.4 Å². The maximum absolute atomic E-state index is 4.22. The summed E-state index contributed by atoms with van der Waals surface area (Å²) in [5, 5.41) is 3.04. The summed E-state index contributed by atoms with van der Waals surface area (Å²) in [5.41, 5.74) is 1.79. The molecule has 80 valence electrons. The second-order valence-electron chi connectivity index (χ2n) is 3.48. The molecule has 3 aromatic rings. The lowest BCUT2D eigenvalue weighted by atomic mass is 10.2. The Morgan fingerprint density at radius 3 is 2.71 bits per heavy atom. The SMILES string of the molecule is C(#Cc1ncnc2sccc12)c1ccccc1. The Kier molecular flexibility index (Phi) is 2.57. The molecule has 0 aliphatic rings. The smallest absolute Gasteiger partial charge is 0.127 e. The van der Waals surface area contributed by atoms with E-state index in [2.05, 4.69) is 21.8 Å². The minimum Gasteiger partial charge on any atom is -0.227 e. The molecule has 3 rings (SSSR count). The van der Waals surface area contributed by atoms with Crippen LogP contribution in [0.1, 0.15) is 11.3 Å². The lowest BCUT2D eigenvalue weighted by molar-refractivity contribution is 1.21. The molecule has 0 spiro atoms. The van der Waals surface area contributed by atoms with E-state index in [4.69, 9.17) is 0 Å². The van der Waals surface area contributed by atoms with Crippen molar-refractivity contribution in [1.82, 2.24) is 9.97 Å². The van der Waals surface area contributed by atoms with Crippen LogP contribution in [0.4, 0.5) is 0 Å². The van der Waals surface area contributed by atoms with E-state index in [1.54, 1.807) is 17.7 Å². The highest BCUT2D eigenvalue weighted by atomic mass is 32.1. The van der Waals surface area contributed by atoms with Gasteiger partial charge in [0.15, 0.2) is 0 Å². The molecule has 3 heteroatoms. The highest BCUT2D eigenvalue weighted by Gasteiger charge is 2.00. The van der Waals surface area contributed by atoms with E-state index < -0.39 is 0 Å². The second-order valence-corrected chi connectivity index (χ2v) is 4.37. The third-order valence-corrected chi connectivity index (χ3v) is 3.18. The molecule has 0 amide bonds. The Morgan fingerprint density at radius 1 is 0.941 bits per heavy atom. The molecule has 17 heavy (non-hydrogen) atoms. The van der Waals surface area contributed by atoms with Gasteiger partial charge in [0.25, 0.3) is 0 Å². The first-order valence-corrected chi connectivity index (χ1v) is 6.07. The molecule has 2 heterocycles. The lowest BCUT2D eigenvalue weighted by Gasteiger charge is -1.91. The average molecular weight is 236 g/mol. The number of benzene rings is 1. The summed E-state index contributed by atoms with van der Waals surface area (Å²) in [6.45, 7) is 0. The summed E-state index contributed by atoms with van der Waals surface area (Å²) in [6, 6.07) is 11.9. The van der Waals surface area contributed by atoms with Gasteiger partial charge in [-0.2, -0.15) is 0 Å². The monoisotopic (exact) mass is 236 g/mol. The summed E-state index contributed by atoms with van der Waals surface area (Å²) in [6.07, 6.45) is 1.56. The number of rotatable bonds is 0. The number of hydrogen-bond donors (Lipinski definition) is 0. The quantitative estimate of drug-likeness (QED) is 0.560. The van der Waals surface area contributed by atoms with E-state index in [1.165, 1.54) is 0 Å². The first-order valence-electron chi connectivity index (χ1n) is 5.19. The van der Waals surface area contributed by atoms with E-state index in [9.17, 15) is 0 Å². The standard InChI is InChI=1S/C14H8N2S/c1-2-4-11(5-3-1)6-7-13-12-8-9-17-14(12)16-10-15-13/h1-5,8-10H. The highest BCUT2D eigenvalue weighted by molar-refractivity contribution is 7.16. The number of aromatic nitrogens is 2. The van der Waals surface area contributed by atoms with Crippen LogP contribution in [0.2, 0.25) is 0 Å². The van der Waals surface area contributed by atoms with Crippen LogP contribution in [0.25, 0.3) is 10.2 Å². The van der Waals surface area contributed by atoms with Crippen LogP contribution in [0.15, 0.2) is 48.1 Å². The van der Waals surface area contributed by atoms with Gasteiger partial charge in [-0.05, 0) is 29.5 Å². The van der Waals surface area contributed by atoms with Crippen LogP contribution in [-0.4, -0.2) is 9.97 Å². The highest BCUT2D eigenvalue weighted by Crippen LogP contribution is 2.19. The minimum atomic E-state index is 0.792. The van der Waals surface area contributed by atoms with Crippen molar-refractivity contribution < 1.29 is 0 Å². The largest absolute Gasteiger partial charge is 0.227 e. The molecule has 2 aromatic heterocycles. The zero-order valence-corrected chi connectivity index (χ0v) is 9.74. The van der Waals surface area contributed by atoms with Crippen LogP contribution in [0.3, 0.4) is 0 Å². The molecule has 0 radical (unpaired) electrons. The molecule has 0 bridgehead atoms. The molecular formula is C14H8N2S. The van der Waals surface area contributed by atoms with Gasteiger partial charge in [0, 0.05) is 10.9 Å². The molecule has 0 aliphatic carbocycles. The predicted octanol–water partition coefficient (Wildman–Crippen LogP) is 3.09. The van der Waals surface area contributed by atoms with Crippen molar-refractivity contribution in [2.75, 3.05) is 0 Å². The first-order chi connectivity index (χ1) is 8.43. The van der Waals surface area contributed by atoms with Crippen LogP contribution < -0.4 is 0 Å². The topological polar surface area (TPSA) is 25.8 Å². The van der Waals surface area contributed by atoms with Crippen molar-refractivity contribution in [3.8, 4) is 11.8 Å². The van der Waals surface area contributed by atoms with Crippen molar-refractivity contribution in [2.24, 2.45) is 0 Å². The molecule has 0 saturated heterocycles. The van der Waals surface area contributed by atoms with Gasteiger partial charge < -0.3 is 0 Å². The molecule has 0 atom stereocenters. The third-order valence-electron chi connectivity index (χ3n) is 2.36. The van der Waals surface area contributed by atoms with E-state index >= 15 is 0 Å². The number of nitrogens with zero attached hydrogens (tertiary/aromatic N) is 2. The molecule has 0 unspecified atom stereocenters. The minimum absolute atomic E-state index is 0.792. The van der Waals surface area contributed by atoms with Crippen molar-refractivity contribution >= 4 is 21.6 Å². The van der Waals surface area contributed by atoms with Crippen LogP contribution in [0, 0.1) is 11.8 Å². The van der Waals surface area contributed by atoms with Gasteiger partial charge >= 0.3 is 0 Å². The Morgan fingerprint density at radius 2 is 1.82 bits per heavy atom. The summed E-state index contributed by atoms with van der Waals surface area (Å²) in [5.74, 6) is 6.20. The van der Waals surface area contributed by atoms with Gasteiger partial charge in [-0.3, -0.25) is 0 Å². The molecule has 0 N–H and O–H groups in total. The van der Waals surface area contributed by atoms with Crippen LogP contribution in [0.5, 0.6) is 0 Å². The molecule has 1 aromatic carbocycles. The fourth-order valence-electron chi connectivity index (χ4n) is 1.54. The molecule has 0 saturated carbocycles. The fraction of sp³-hybridized carbons (Fsp3) is 0. The van der Waals surface area contributed by atoms with Gasteiger partial charge in [0.2, 0.25) is 0 Å². The van der Waals surface area contributed by atoms with Crippen molar-refractivity contribution in [1.29, 1.82) is 0 Å². The Bertz CT molecular complexity index is 705. The fourth-order valence-corrected chi connectivity index (χ4v) is 2.28. The molecule has 2 nitrogen and oxygen atoms in total. The van der Waals surface area contributed by atoms with Gasteiger partial charge in [0.05, 0.1) is 0 Å². The average Bonchev–Trinajstić information content (AvgIpc) is 2.86. The molecule has 0 fully saturated rings. The summed E-state index contributed by atoms with van der Waals surface area (Å²) in [7, 11) is 0. The first kappa shape index (κ1) is 10.0. The Hall–Kier alpha value is -2.18. The van der Waals surface area contributed by atoms with Gasteiger partial charge in [-0.25, -0.2) is 9.97 Å². The summed E-state index contributed by atoms with van der Waals surface area (Å²) >= 11 is 1.60. The summed E-state index contributed by atoms with van der Waals surface area (Å²) < 4.78 is 0. The zero-order chi connectivity index (χ0) is 11.5. The van der Waals surface area contributed by atoms with Crippen molar-refractivity contribution in [2.45, 2.75) is 0 Å². The van der Waals surface area contributed by atoms with Gasteiger partial charge in [-0.15, -0.1) is 11.3 Å². The van der Waals surface area contributed by atoms with E-state index in [1.807, 2.05) is 41.8 Å². The third kappa shape index (κ3) is 2.03. The maximum Gasteiger partial charge on any atom is 0.127 e. The predicted molar refractivity (Wildman–Crippen MR) is 69.8 cm³/mol. The Balaban J connectivity index is 2.06.